The third kappa shape index (κ3) is 5.29. The highest BCUT2D eigenvalue weighted by molar-refractivity contribution is 6.32. The van der Waals surface area contributed by atoms with Crippen LogP contribution < -0.4 is 5.63 Å². The Morgan fingerprint density at radius 3 is 2.76 bits per heavy atom. The molecule has 136 valence electrons. The molecule has 0 fully saturated rings. The molecule has 2 aromatic rings. The highest BCUT2D eigenvalue weighted by atomic mass is 35.5. The molecule has 0 bridgehead atoms. The van der Waals surface area contributed by atoms with E-state index in [-0.39, 0.29) is 12.5 Å². The Hall–Kier alpha value is -1.89. The number of esters is 1. The lowest BCUT2D eigenvalue weighted by Crippen LogP contribution is -2.33. The maximum Gasteiger partial charge on any atom is 0.336 e. The Morgan fingerprint density at radius 2 is 2.08 bits per heavy atom. The number of methoxy groups -OCH3 is 1. The zero-order valence-corrected chi connectivity index (χ0v) is 15.4. The summed E-state index contributed by atoms with van der Waals surface area (Å²) in [6.07, 6.45) is 0. The van der Waals surface area contributed by atoms with E-state index in [0.29, 0.717) is 36.9 Å². The van der Waals surface area contributed by atoms with E-state index in [1.165, 1.54) is 6.07 Å². The van der Waals surface area contributed by atoms with Gasteiger partial charge in [0.05, 0.1) is 19.8 Å². The van der Waals surface area contributed by atoms with Gasteiger partial charge in [0, 0.05) is 36.7 Å². The minimum Gasteiger partial charge on any atom is -0.465 e. The van der Waals surface area contributed by atoms with Crippen molar-refractivity contribution in [2.75, 3.05) is 33.4 Å². The van der Waals surface area contributed by atoms with Crippen molar-refractivity contribution in [2.24, 2.45) is 0 Å². The molecule has 0 unspecified atom stereocenters. The molecule has 25 heavy (non-hydrogen) atoms. The van der Waals surface area contributed by atoms with E-state index in [9.17, 15) is 9.59 Å². The average molecular weight is 368 g/mol. The first-order chi connectivity index (χ1) is 11.9. The highest BCUT2D eigenvalue weighted by Gasteiger charge is 2.15. The SMILES string of the molecule is CCOC(=O)CN(CCOC)Cc1cc(=O)oc2cc(C)c(Cl)cc12. The second kappa shape index (κ2) is 8.99. The maximum atomic E-state index is 11.9. The molecule has 0 saturated heterocycles. The fourth-order valence-electron chi connectivity index (χ4n) is 2.54. The van der Waals surface area contributed by atoms with Crippen LogP contribution in [0, 0.1) is 6.92 Å². The van der Waals surface area contributed by atoms with Gasteiger partial charge in [0.2, 0.25) is 0 Å². The van der Waals surface area contributed by atoms with Gasteiger partial charge in [-0.25, -0.2) is 4.79 Å². The van der Waals surface area contributed by atoms with Crippen LogP contribution in [0.5, 0.6) is 0 Å². The number of hydrogen-bond acceptors (Lipinski definition) is 6. The van der Waals surface area contributed by atoms with E-state index in [1.807, 2.05) is 11.8 Å². The minimum atomic E-state index is -0.438. The number of nitrogens with zero attached hydrogens (tertiary/aromatic N) is 1. The Bertz CT molecular complexity index is 802. The number of fused-ring (bicyclic) bond motifs is 1. The summed E-state index contributed by atoms with van der Waals surface area (Å²) in [5.74, 6) is -0.320. The van der Waals surface area contributed by atoms with Crippen LogP contribution in [-0.2, 0) is 20.8 Å². The fraction of sp³-hybridized carbons (Fsp3) is 0.444. The van der Waals surface area contributed by atoms with E-state index in [2.05, 4.69) is 0 Å². The second-order valence-electron chi connectivity index (χ2n) is 5.70. The molecule has 0 amide bonds. The average Bonchev–Trinajstić information content (AvgIpc) is 2.54. The summed E-state index contributed by atoms with van der Waals surface area (Å²) in [7, 11) is 1.59. The van der Waals surface area contributed by atoms with Crippen molar-refractivity contribution < 1.29 is 18.7 Å². The maximum absolute atomic E-state index is 11.9. The standard InChI is InChI=1S/C18H22ClNO5/c1-4-24-18(22)11-20(5-6-23-3)10-13-8-17(21)25-16-7-12(2)15(19)9-14(13)16/h7-9H,4-6,10-11H2,1-3H3. The summed E-state index contributed by atoms with van der Waals surface area (Å²) in [5.41, 5.74) is 1.62. The smallest absolute Gasteiger partial charge is 0.336 e. The van der Waals surface area contributed by atoms with Gasteiger partial charge in [0.1, 0.15) is 5.58 Å². The third-order valence-electron chi connectivity index (χ3n) is 3.77. The molecule has 1 aromatic heterocycles. The Labute approximate surface area is 151 Å². The van der Waals surface area contributed by atoms with Gasteiger partial charge in [0.15, 0.2) is 0 Å². The molecule has 0 saturated carbocycles. The van der Waals surface area contributed by atoms with E-state index in [1.54, 1.807) is 26.2 Å². The normalized spacial score (nSPS) is 11.2. The number of aryl methyl sites for hydroxylation is 1. The number of carbonyl (C=O) groups is 1. The first kappa shape index (κ1) is 19.4. The number of hydrogen-bond donors (Lipinski definition) is 0. The van der Waals surface area contributed by atoms with E-state index < -0.39 is 5.63 Å². The summed E-state index contributed by atoms with van der Waals surface area (Å²) < 4.78 is 15.4. The Balaban J connectivity index is 2.35. The van der Waals surface area contributed by atoms with Crippen molar-refractivity contribution in [3.05, 3.63) is 44.8 Å². The minimum absolute atomic E-state index is 0.110. The molecule has 0 atom stereocenters. The van der Waals surface area contributed by atoms with Crippen LogP contribution in [0.2, 0.25) is 5.02 Å². The zero-order valence-electron chi connectivity index (χ0n) is 14.6. The van der Waals surface area contributed by atoms with Crippen molar-refractivity contribution in [2.45, 2.75) is 20.4 Å². The van der Waals surface area contributed by atoms with Crippen molar-refractivity contribution in [1.29, 1.82) is 0 Å². The number of ether oxygens (including phenoxy) is 2. The van der Waals surface area contributed by atoms with Gasteiger partial charge in [0.25, 0.3) is 0 Å². The topological polar surface area (TPSA) is 69.0 Å². The summed E-state index contributed by atoms with van der Waals surface area (Å²) >= 11 is 6.22. The first-order valence-corrected chi connectivity index (χ1v) is 8.42. The first-order valence-electron chi connectivity index (χ1n) is 8.04. The monoisotopic (exact) mass is 367 g/mol. The predicted octanol–water partition coefficient (Wildman–Crippen LogP) is 2.77. The van der Waals surface area contributed by atoms with Crippen molar-refractivity contribution in [3.8, 4) is 0 Å². The molecule has 1 heterocycles. The quantitative estimate of drug-likeness (QED) is 0.528. The molecule has 7 heteroatoms. The largest absolute Gasteiger partial charge is 0.465 e. The van der Waals surface area contributed by atoms with Gasteiger partial charge in [-0.1, -0.05) is 11.6 Å². The van der Waals surface area contributed by atoms with Gasteiger partial charge in [-0.2, -0.15) is 0 Å². The highest BCUT2D eigenvalue weighted by Crippen LogP contribution is 2.25. The fourth-order valence-corrected chi connectivity index (χ4v) is 2.71. The molecule has 0 spiro atoms. The Morgan fingerprint density at radius 1 is 1.32 bits per heavy atom. The van der Waals surface area contributed by atoms with Crippen molar-refractivity contribution in [1.82, 2.24) is 4.90 Å². The summed E-state index contributed by atoms with van der Waals surface area (Å²) in [4.78, 5) is 25.6. The van der Waals surface area contributed by atoms with E-state index in [0.717, 1.165) is 16.5 Å². The lowest BCUT2D eigenvalue weighted by atomic mass is 10.1. The van der Waals surface area contributed by atoms with Crippen LogP contribution >= 0.6 is 11.6 Å². The number of carbonyl (C=O) groups excluding carboxylic acids is 1. The van der Waals surface area contributed by atoms with Gasteiger partial charge >= 0.3 is 11.6 Å². The molecule has 1 aromatic carbocycles. The number of halogens is 1. The molecular formula is C18H22ClNO5. The third-order valence-corrected chi connectivity index (χ3v) is 4.18. The van der Waals surface area contributed by atoms with Crippen LogP contribution in [-0.4, -0.2) is 44.3 Å². The summed E-state index contributed by atoms with van der Waals surface area (Å²) in [6, 6.07) is 4.95. The van der Waals surface area contributed by atoms with Crippen LogP contribution in [0.4, 0.5) is 0 Å². The number of benzene rings is 1. The molecule has 0 aliphatic rings. The zero-order chi connectivity index (χ0) is 18.4. The predicted molar refractivity (Wildman–Crippen MR) is 96.0 cm³/mol. The van der Waals surface area contributed by atoms with Crippen molar-refractivity contribution >= 4 is 28.5 Å². The lowest BCUT2D eigenvalue weighted by molar-refractivity contribution is -0.144. The van der Waals surface area contributed by atoms with Crippen molar-refractivity contribution in [3.63, 3.8) is 0 Å². The molecular weight excluding hydrogens is 346 g/mol. The summed E-state index contributed by atoms with van der Waals surface area (Å²) in [5, 5.41) is 1.35. The molecule has 0 aliphatic heterocycles. The van der Waals surface area contributed by atoms with Gasteiger partial charge in [-0.15, -0.1) is 0 Å². The number of rotatable bonds is 8. The molecule has 2 rings (SSSR count). The molecule has 0 radical (unpaired) electrons. The van der Waals surface area contributed by atoms with Crippen LogP contribution in [0.3, 0.4) is 0 Å². The van der Waals surface area contributed by atoms with Gasteiger partial charge in [-0.3, -0.25) is 9.69 Å². The molecule has 6 nitrogen and oxygen atoms in total. The van der Waals surface area contributed by atoms with Crippen LogP contribution in [0.1, 0.15) is 18.1 Å². The van der Waals surface area contributed by atoms with Gasteiger partial charge in [-0.05, 0) is 37.1 Å². The Kier molecular flexibility index (Phi) is 6.99. The van der Waals surface area contributed by atoms with Crippen LogP contribution in [0.25, 0.3) is 11.0 Å². The van der Waals surface area contributed by atoms with Crippen LogP contribution in [0.15, 0.2) is 27.4 Å². The van der Waals surface area contributed by atoms with Gasteiger partial charge < -0.3 is 13.9 Å². The lowest BCUT2D eigenvalue weighted by Gasteiger charge is -2.21. The van der Waals surface area contributed by atoms with E-state index in [4.69, 9.17) is 25.5 Å². The molecule has 0 N–H and O–H groups in total. The van der Waals surface area contributed by atoms with E-state index >= 15 is 0 Å². The molecule has 0 aliphatic carbocycles. The summed E-state index contributed by atoms with van der Waals surface area (Å²) in [6.45, 7) is 5.40. The second-order valence-corrected chi connectivity index (χ2v) is 6.10.